The van der Waals surface area contributed by atoms with Gasteiger partial charge in [0.1, 0.15) is 5.69 Å². The van der Waals surface area contributed by atoms with Crippen LogP contribution in [0.4, 0.5) is 4.79 Å². The van der Waals surface area contributed by atoms with E-state index >= 15 is 0 Å². The normalized spacial score (nSPS) is 12.1. The van der Waals surface area contributed by atoms with Crippen molar-refractivity contribution in [2.75, 3.05) is 0 Å². The molecule has 8 heteroatoms. The molecule has 1 aromatic rings. The minimum Gasteiger partial charge on any atom is -0.387 e. The number of imide groups is 1. The molecule has 8 nitrogen and oxygen atoms in total. The Morgan fingerprint density at radius 2 is 2.35 bits per heavy atom. The monoisotopic (exact) mass is 241 g/mol. The van der Waals surface area contributed by atoms with Gasteiger partial charge in [0.2, 0.25) is 5.91 Å². The van der Waals surface area contributed by atoms with E-state index in [1.165, 1.54) is 4.68 Å². The zero-order valence-electron chi connectivity index (χ0n) is 9.46. The number of primary amides is 1. The number of aryl methyl sites for hydroxylation is 1. The van der Waals surface area contributed by atoms with Crippen molar-refractivity contribution in [2.24, 2.45) is 5.73 Å². The Kier molecular flexibility index (Phi) is 4.58. The van der Waals surface area contributed by atoms with Gasteiger partial charge in [-0.1, -0.05) is 12.1 Å². The lowest BCUT2D eigenvalue weighted by Crippen LogP contribution is -2.35. The highest BCUT2D eigenvalue weighted by Crippen LogP contribution is 2.11. The first-order chi connectivity index (χ1) is 8.02. The summed E-state index contributed by atoms with van der Waals surface area (Å²) in [7, 11) is 0. The summed E-state index contributed by atoms with van der Waals surface area (Å²) >= 11 is 0. The van der Waals surface area contributed by atoms with Crippen molar-refractivity contribution in [3.8, 4) is 0 Å². The number of hydrogen-bond donors (Lipinski definition) is 3. The molecule has 0 aliphatic carbocycles. The van der Waals surface area contributed by atoms with Gasteiger partial charge in [0.15, 0.2) is 0 Å². The first-order valence-electron chi connectivity index (χ1n) is 5.20. The van der Waals surface area contributed by atoms with Crippen LogP contribution in [0.2, 0.25) is 0 Å². The van der Waals surface area contributed by atoms with Gasteiger partial charge in [-0.25, -0.2) is 4.79 Å². The number of nitrogens with two attached hydrogens (primary N) is 1. The van der Waals surface area contributed by atoms with Crippen LogP contribution >= 0.6 is 0 Å². The van der Waals surface area contributed by atoms with Gasteiger partial charge in [0, 0.05) is 6.42 Å². The standard InChI is InChI=1S/C9H15N5O3/c1-2-7(15)6-5-14(13-12-6)4-3-8(16)11-9(10)17/h5,7,15H,2-4H2,1H3,(H3,10,11,16,17). The lowest BCUT2D eigenvalue weighted by atomic mass is 10.2. The molecule has 4 N–H and O–H groups in total. The summed E-state index contributed by atoms with van der Waals surface area (Å²) in [6.07, 6.45) is 1.52. The second-order valence-electron chi connectivity index (χ2n) is 3.49. The number of carbonyl (C=O) groups is 2. The van der Waals surface area contributed by atoms with E-state index in [0.717, 1.165) is 0 Å². The first-order valence-corrected chi connectivity index (χ1v) is 5.20. The van der Waals surface area contributed by atoms with Crippen LogP contribution in [0, 0.1) is 0 Å². The average Bonchev–Trinajstić information content (AvgIpc) is 2.73. The zero-order valence-corrected chi connectivity index (χ0v) is 9.46. The summed E-state index contributed by atoms with van der Waals surface area (Å²) in [5.41, 5.74) is 5.25. The van der Waals surface area contributed by atoms with E-state index in [9.17, 15) is 14.7 Å². The van der Waals surface area contributed by atoms with Gasteiger partial charge < -0.3 is 10.8 Å². The van der Waals surface area contributed by atoms with Crippen LogP contribution < -0.4 is 11.1 Å². The highest BCUT2D eigenvalue weighted by molar-refractivity contribution is 5.93. The van der Waals surface area contributed by atoms with Crippen LogP contribution in [0.3, 0.4) is 0 Å². The van der Waals surface area contributed by atoms with E-state index in [2.05, 4.69) is 10.3 Å². The molecule has 0 aliphatic rings. The lowest BCUT2D eigenvalue weighted by Gasteiger charge is -2.01. The summed E-state index contributed by atoms with van der Waals surface area (Å²) in [5.74, 6) is -0.481. The van der Waals surface area contributed by atoms with E-state index in [0.29, 0.717) is 12.1 Å². The average molecular weight is 241 g/mol. The number of hydrogen-bond acceptors (Lipinski definition) is 5. The van der Waals surface area contributed by atoms with Gasteiger partial charge in [-0.3, -0.25) is 14.8 Å². The Bertz CT molecular complexity index is 403. The van der Waals surface area contributed by atoms with Crippen LogP contribution in [-0.2, 0) is 11.3 Å². The van der Waals surface area contributed by atoms with Crippen molar-refractivity contribution in [1.82, 2.24) is 20.3 Å². The van der Waals surface area contributed by atoms with Crippen LogP contribution in [0.1, 0.15) is 31.6 Å². The number of aromatic nitrogens is 3. The molecule has 0 aliphatic heterocycles. The highest BCUT2D eigenvalue weighted by Gasteiger charge is 2.10. The van der Waals surface area contributed by atoms with Crippen LogP contribution in [0.5, 0.6) is 0 Å². The predicted molar refractivity (Wildman–Crippen MR) is 57.6 cm³/mol. The SMILES string of the molecule is CCC(O)c1cn(CCC(=O)NC(N)=O)nn1. The van der Waals surface area contributed by atoms with Gasteiger partial charge in [-0.15, -0.1) is 5.10 Å². The molecule has 0 fully saturated rings. The van der Waals surface area contributed by atoms with Crippen molar-refractivity contribution in [3.63, 3.8) is 0 Å². The maximum Gasteiger partial charge on any atom is 0.318 e. The van der Waals surface area contributed by atoms with Gasteiger partial charge in [-0.05, 0) is 6.42 Å². The Hall–Kier alpha value is -1.96. The molecule has 0 saturated carbocycles. The Morgan fingerprint density at radius 3 is 2.94 bits per heavy atom. The van der Waals surface area contributed by atoms with E-state index in [-0.39, 0.29) is 13.0 Å². The first kappa shape index (κ1) is 13.1. The quantitative estimate of drug-likeness (QED) is 0.629. The van der Waals surface area contributed by atoms with Crippen molar-refractivity contribution in [3.05, 3.63) is 11.9 Å². The molecule has 17 heavy (non-hydrogen) atoms. The van der Waals surface area contributed by atoms with Crippen molar-refractivity contribution < 1.29 is 14.7 Å². The molecule has 0 aromatic carbocycles. The molecular weight excluding hydrogens is 226 g/mol. The molecule has 0 radical (unpaired) electrons. The zero-order chi connectivity index (χ0) is 12.8. The molecule has 1 aromatic heterocycles. The molecular formula is C9H15N5O3. The number of urea groups is 1. The molecule has 0 bridgehead atoms. The molecule has 0 saturated heterocycles. The number of aliphatic hydroxyl groups excluding tert-OH is 1. The van der Waals surface area contributed by atoms with Crippen molar-refractivity contribution in [1.29, 1.82) is 0 Å². The maximum absolute atomic E-state index is 11.1. The van der Waals surface area contributed by atoms with E-state index < -0.39 is 18.0 Å². The molecule has 1 heterocycles. The minimum absolute atomic E-state index is 0.0635. The largest absolute Gasteiger partial charge is 0.387 e. The second kappa shape index (κ2) is 5.94. The Balaban J connectivity index is 2.44. The van der Waals surface area contributed by atoms with Gasteiger partial charge in [0.25, 0.3) is 0 Å². The van der Waals surface area contributed by atoms with Gasteiger partial charge in [-0.2, -0.15) is 0 Å². The topological polar surface area (TPSA) is 123 Å². The highest BCUT2D eigenvalue weighted by atomic mass is 16.3. The third-order valence-electron chi connectivity index (χ3n) is 2.12. The third kappa shape index (κ3) is 4.19. The van der Waals surface area contributed by atoms with E-state index in [4.69, 9.17) is 5.73 Å². The molecule has 1 atom stereocenters. The number of nitrogens with zero attached hydrogens (tertiary/aromatic N) is 3. The van der Waals surface area contributed by atoms with Crippen molar-refractivity contribution in [2.45, 2.75) is 32.4 Å². The number of nitrogens with one attached hydrogen (secondary N) is 1. The molecule has 1 rings (SSSR count). The number of rotatable bonds is 5. The minimum atomic E-state index is -0.879. The molecule has 94 valence electrons. The van der Waals surface area contributed by atoms with Crippen molar-refractivity contribution >= 4 is 11.9 Å². The Morgan fingerprint density at radius 1 is 1.65 bits per heavy atom. The predicted octanol–water partition coefficient (Wildman–Crippen LogP) is -0.693. The maximum atomic E-state index is 11.1. The fraction of sp³-hybridized carbons (Fsp3) is 0.556. The lowest BCUT2D eigenvalue weighted by molar-refractivity contribution is -0.120. The summed E-state index contributed by atoms with van der Waals surface area (Å²) < 4.78 is 1.43. The summed E-state index contributed by atoms with van der Waals surface area (Å²) in [6.45, 7) is 2.09. The molecule has 0 spiro atoms. The fourth-order valence-electron chi connectivity index (χ4n) is 1.20. The fourth-order valence-corrected chi connectivity index (χ4v) is 1.20. The number of amides is 3. The van der Waals surface area contributed by atoms with Crippen LogP contribution in [-0.4, -0.2) is 32.0 Å². The summed E-state index contributed by atoms with van der Waals surface area (Å²) in [4.78, 5) is 21.5. The number of aliphatic hydroxyl groups is 1. The van der Waals surface area contributed by atoms with Gasteiger partial charge >= 0.3 is 6.03 Å². The number of carbonyl (C=O) groups excluding carboxylic acids is 2. The summed E-state index contributed by atoms with van der Waals surface area (Å²) in [5, 5.41) is 18.9. The van der Waals surface area contributed by atoms with Crippen LogP contribution in [0.25, 0.3) is 0 Å². The third-order valence-corrected chi connectivity index (χ3v) is 2.12. The van der Waals surface area contributed by atoms with Crippen LogP contribution in [0.15, 0.2) is 6.20 Å². The van der Waals surface area contributed by atoms with E-state index in [1.54, 1.807) is 6.20 Å². The second-order valence-corrected chi connectivity index (χ2v) is 3.49. The molecule has 1 unspecified atom stereocenters. The molecule has 3 amide bonds. The van der Waals surface area contributed by atoms with Gasteiger partial charge in [0.05, 0.1) is 18.8 Å². The Labute approximate surface area is 97.8 Å². The smallest absolute Gasteiger partial charge is 0.318 e. The summed E-state index contributed by atoms with van der Waals surface area (Å²) in [6, 6.07) is -0.879. The van der Waals surface area contributed by atoms with E-state index in [1.807, 2.05) is 12.2 Å².